The number of piperazine rings is 1. The van der Waals surface area contributed by atoms with Gasteiger partial charge in [-0.2, -0.15) is 0 Å². The molecule has 3 atom stereocenters. The predicted octanol–water partition coefficient (Wildman–Crippen LogP) is 3.21. The number of fused-ring (bicyclic) bond motifs is 4. The Morgan fingerprint density at radius 3 is 2.27 bits per heavy atom. The summed E-state index contributed by atoms with van der Waals surface area (Å²) in [5.41, 5.74) is 1.90. The Kier molecular flexibility index (Phi) is 8.49. The van der Waals surface area contributed by atoms with Crippen molar-refractivity contribution in [3.05, 3.63) is 72.3 Å². The van der Waals surface area contributed by atoms with Crippen LogP contribution in [0.15, 0.2) is 61.2 Å². The van der Waals surface area contributed by atoms with Gasteiger partial charge in [0.1, 0.15) is 30.4 Å². The van der Waals surface area contributed by atoms with E-state index in [0.717, 1.165) is 22.3 Å². The fraction of sp³-hybridized carbons (Fsp3) is 0.424. The molecule has 1 aliphatic carbocycles. The first-order valence-electron chi connectivity index (χ1n) is 14.6. The minimum absolute atomic E-state index is 0.0356. The smallest absolute Gasteiger partial charge is 0.407 e. The lowest BCUT2D eigenvalue weighted by Crippen LogP contribution is -2.69. The molecule has 2 fully saturated rings. The van der Waals surface area contributed by atoms with Gasteiger partial charge in [-0.15, -0.1) is 0 Å². The molecule has 2 N–H and O–H groups in total. The van der Waals surface area contributed by atoms with E-state index in [9.17, 15) is 24.0 Å². The standard InChI is InChI=1S/C33H37N3O8/c1-5-14-42-27(37)15-26-29(39)36-18-20(16-33(36,30(40)35-26)17-28(38)44-32(2,3)4)34-31(41)43-19-25-23-12-8-6-10-21(23)22-11-7-9-13-24(22)25/h5-13,20,25-26H,1,14-19H2,2-4H3,(H,34,41)(H,35,40)/t20-,26-,33+/m0/s1. The van der Waals surface area contributed by atoms with Crippen LogP contribution in [0.4, 0.5) is 4.79 Å². The number of ether oxygens (including phenoxy) is 3. The van der Waals surface area contributed by atoms with Gasteiger partial charge in [-0.3, -0.25) is 19.2 Å². The summed E-state index contributed by atoms with van der Waals surface area (Å²) in [6, 6.07) is 14.1. The molecule has 2 aromatic rings. The highest BCUT2D eigenvalue weighted by molar-refractivity contribution is 6.03. The number of nitrogens with one attached hydrogen (secondary N) is 2. The molecule has 0 aromatic heterocycles. The molecule has 0 spiro atoms. The lowest BCUT2D eigenvalue weighted by atomic mass is 9.86. The number of hydrogen-bond acceptors (Lipinski definition) is 8. The monoisotopic (exact) mass is 603 g/mol. The van der Waals surface area contributed by atoms with Crippen LogP contribution in [0.3, 0.4) is 0 Å². The van der Waals surface area contributed by atoms with Crippen LogP contribution >= 0.6 is 0 Å². The predicted molar refractivity (Wildman–Crippen MR) is 159 cm³/mol. The topological polar surface area (TPSA) is 140 Å². The van der Waals surface area contributed by atoms with Crippen molar-refractivity contribution in [1.29, 1.82) is 0 Å². The number of carbonyl (C=O) groups excluding carboxylic acids is 5. The zero-order valence-corrected chi connectivity index (χ0v) is 25.1. The van der Waals surface area contributed by atoms with E-state index in [1.807, 2.05) is 48.5 Å². The van der Waals surface area contributed by atoms with Crippen LogP contribution in [0, 0.1) is 0 Å². The van der Waals surface area contributed by atoms with Crippen LogP contribution in [0.25, 0.3) is 11.1 Å². The van der Waals surface area contributed by atoms with Gasteiger partial charge in [-0.25, -0.2) is 4.79 Å². The maximum Gasteiger partial charge on any atom is 0.407 e. The number of nitrogens with zero attached hydrogens (tertiary/aromatic N) is 1. The molecule has 3 amide bonds. The molecule has 0 saturated carbocycles. The summed E-state index contributed by atoms with van der Waals surface area (Å²) >= 11 is 0. The lowest BCUT2D eigenvalue weighted by molar-refractivity contribution is -0.167. The summed E-state index contributed by atoms with van der Waals surface area (Å²) in [5, 5.41) is 5.39. The zero-order chi connectivity index (χ0) is 31.6. The molecular weight excluding hydrogens is 566 g/mol. The Bertz CT molecular complexity index is 1450. The molecule has 5 rings (SSSR count). The number of benzene rings is 2. The second-order valence-corrected chi connectivity index (χ2v) is 12.3. The SMILES string of the molecule is C=CCOC(=O)C[C@@H]1NC(=O)[C@]2(CC(=O)OC(C)(C)C)C[C@H](NC(=O)OCC3c4ccccc4-c4ccccc43)CN2C1=O. The highest BCUT2D eigenvalue weighted by Crippen LogP contribution is 2.44. The molecule has 2 saturated heterocycles. The van der Waals surface area contributed by atoms with E-state index in [1.165, 1.54) is 11.0 Å². The Labute approximate surface area is 255 Å². The average Bonchev–Trinajstić information content (AvgIpc) is 3.49. The van der Waals surface area contributed by atoms with Gasteiger partial charge in [0, 0.05) is 18.9 Å². The molecule has 232 valence electrons. The Morgan fingerprint density at radius 2 is 1.66 bits per heavy atom. The molecule has 2 heterocycles. The summed E-state index contributed by atoms with van der Waals surface area (Å²) in [6.45, 7) is 8.59. The van der Waals surface area contributed by atoms with Gasteiger partial charge in [0.15, 0.2) is 0 Å². The van der Waals surface area contributed by atoms with Crippen LogP contribution in [0.5, 0.6) is 0 Å². The Morgan fingerprint density at radius 1 is 1.02 bits per heavy atom. The first kappa shape index (κ1) is 30.8. The molecule has 2 aliphatic heterocycles. The van der Waals surface area contributed by atoms with Crippen molar-refractivity contribution in [3.63, 3.8) is 0 Å². The van der Waals surface area contributed by atoms with E-state index in [1.54, 1.807) is 20.8 Å². The van der Waals surface area contributed by atoms with Gasteiger partial charge in [0.2, 0.25) is 11.8 Å². The van der Waals surface area contributed by atoms with Crippen molar-refractivity contribution in [2.24, 2.45) is 0 Å². The molecule has 2 aromatic carbocycles. The second kappa shape index (κ2) is 12.1. The fourth-order valence-corrected chi connectivity index (χ4v) is 6.32. The van der Waals surface area contributed by atoms with Crippen molar-refractivity contribution in [2.45, 2.75) is 69.2 Å². The van der Waals surface area contributed by atoms with E-state index in [-0.39, 0.29) is 38.5 Å². The van der Waals surface area contributed by atoms with Crippen molar-refractivity contribution in [2.75, 3.05) is 19.8 Å². The number of amides is 3. The van der Waals surface area contributed by atoms with Gasteiger partial charge in [-0.05, 0) is 43.0 Å². The number of rotatable bonds is 9. The quantitative estimate of drug-likeness (QED) is 0.253. The molecule has 0 bridgehead atoms. The van der Waals surface area contributed by atoms with Crippen LogP contribution in [-0.2, 0) is 33.4 Å². The molecule has 11 nitrogen and oxygen atoms in total. The molecule has 11 heteroatoms. The van der Waals surface area contributed by atoms with Gasteiger partial charge in [-0.1, -0.05) is 61.2 Å². The number of alkyl carbamates (subject to hydrolysis) is 1. The minimum atomic E-state index is -1.61. The lowest BCUT2D eigenvalue weighted by Gasteiger charge is -2.43. The summed E-state index contributed by atoms with van der Waals surface area (Å²) in [6.07, 6.45) is -0.158. The molecule has 0 radical (unpaired) electrons. The second-order valence-electron chi connectivity index (χ2n) is 12.3. The molecular formula is C33H37N3O8. The van der Waals surface area contributed by atoms with Gasteiger partial charge in [0.05, 0.1) is 18.9 Å². The summed E-state index contributed by atoms with van der Waals surface area (Å²) in [5.74, 6) is -2.66. The number of esters is 2. The summed E-state index contributed by atoms with van der Waals surface area (Å²) in [7, 11) is 0. The summed E-state index contributed by atoms with van der Waals surface area (Å²) < 4.78 is 16.2. The highest BCUT2D eigenvalue weighted by Gasteiger charge is 2.59. The van der Waals surface area contributed by atoms with E-state index in [2.05, 4.69) is 17.2 Å². The zero-order valence-electron chi connectivity index (χ0n) is 25.1. The molecule has 44 heavy (non-hydrogen) atoms. The van der Waals surface area contributed by atoms with Gasteiger partial charge in [0.25, 0.3) is 0 Å². The highest BCUT2D eigenvalue weighted by atomic mass is 16.6. The Hall–Kier alpha value is -4.67. The van der Waals surface area contributed by atoms with Crippen molar-refractivity contribution in [3.8, 4) is 11.1 Å². The maximum atomic E-state index is 13.6. The maximum absolute atomic E-state index is 13.6. The summed E-state index contributed by atoms with van der Waals surface area (Å²) in [4.78, 5) is 66.7. The van der Waals surface area contributed by atoms with Crippen LogP contribution in [0.2, 0.25) is 0 Å². The van der Waals surface area contributed by atoms with E-state index < -0.39 is 59.5 Å². The van der Waals surface area contributed by atoms with Crippen molar-refractivity contribution >= 4 is 29.8 Å². The minimum Gasteiger partial charge on any atom is -0.461 e. The van der Waals surface area contributed by atoms with Crippen LogP contribution in [0.1, 0.15) is 57.1 Å². The first-order valence-corrected chi connectivity index (χ1v) is 14.6. The molecule has 0 unspecified atom stereocenters. The largest absolute Gasteiger partial charge is 0.461 e. The van der Waals surface area contributed by atoms with Crippen LogP contribution < -0.4 is 10.6 Å². The third kappa shape index (κ3) is 6.17. The third-order valence-electron chi connectivity index (χ3n) is 8.05. The number of hydrogen-bond donors (Lipinski definition) is 2. The third-order valence-corrected chi connectivity index (χ3v) is 8.05. The number of carbonyl (C=O) groups is 5. The van der Waals surface area contributed by atoms with Crippen LogP contribution in [-0.4, -0.2) is 77.7 Å². The normalized spacial score (nSPS) is 22.3. The average molecular weight is 604 g/mol. The molecule has 3 aliphatic rings. The van der Waals surface area contributed by atoms with Gasteiger partial charge >= 0.3 is 18.0 Å². The fourth-order valence-electron chi connectivity index (χ4n) is 6.32. The van der Waals surface area contributed by atoms with Gasteiger partial charge < -0.3 is 29.7 Å². The Balaban J connectivity index is 1.30. The van der Waals surface area contributed by atoms with Crippen molar-refractivity contribution < 1.29 is 38.2 Å². The van der Waals surface area contributed by atoms with Crippen molar-refractivity contribution in [1.82, 2.24) is 15.5 Å². The van der Waals surface area contributed by atoms with E-state index in [0.29, 0.717) is 0 Å². The van der Waals surface area contributed by atoms with E-state index >= 15 is 0 Å². The van der Waals surface area contributed by atoms with E-state index in [4.69, 9.17) is 14.2 Å². The first-order chi connectivity index (χ1) is 20.9.